The first-order chi connectivity index (χ1) is 10.5. The van der Waals surface area contributed by atoms with Crippen LogP contribution in [0.2, 0.25) is 0 Å². The van der Waals surface area contributed by atoms with Crippen molar-refractivity contribution in [2.75, 3.05) is 6.54 Å². The summed E-state index contributed by atoms with van der Waals surface area (Å²) in [4.78, 5) is 20.5. The molecule has 2 heterocycles. The molecule has 5 nitrogen and oxygen atoms in total. The predicted molar refractivity (Wildman–Crippen MR) is 85.9 cm³/mol. The Labute approximate surface area is 129 Å². The summed E-state index contributed by atoms with van der Waals surface area (Å²) in [6.07, 6.45) is 3.45. The quantitative estimate of drug-likeness (QED) is 0.811. The highest BCUT2D eigenvalue weighted by molar-refractivity contribution is 6.05. The van der Waals surface area contributed by atoms with Gasteiger partial charge in [-0.25, -0.2) is 4.48 Å². The zero-order valence-electron chi connectivity index (χ0n) is 13.0. The SMILES string of the molecule is CC(C)C[N+]1(C(C)C(=O)[O-])C=Nc2cnc3ccccc3c21. The van der Waals surface area contributed by atoms with Gasteiger partial charge in [0.1, 0.15) is 11.7 Å². The zero-order chi connectivity index (χ0) is 15.9. The Morgan fingerprint density at radius 2 is 2.00 bits per heavy atom. The van der Waals surface area contributed by atoms with E-state index in [0.717, 1.165) is 22.3 Å². The number of aromatic nitrogens is 1. The van der Waals surface area contributed by atoms with Crippen molar-refractivity contribution >= 4 is 34.6 Å². The van der Waals surface area contributed by atoms with Crippen molar-refractivity contribution in [1.29, 1.82) is 0 Å². The second-order valence-corrected chi connectivity index (χ2v) is 6.26. The van der Waals surface area contributed by atoms with Crippen LogP contribution in [0.25, 0.3) is 10.9 Å². The van der Waals surface area contributed by atoms with Gasteiger partial charge in [-0.05, 0) is 19.1 Å². The number of carboxylic acids is 1. The van der Waals surface area contributed by atoms with Crippen molar-refractivity contribution in [2.24, 2.45) is 10.9 Å². The fourth-order valence-corrected chi connectivity index (χ4v) is 3.25. The van der Waals surface area contributed by atoms with Gasteiger partial charge in [0.2, 0.25) is 0 Å². The third-order valence-corrected chi connectivity index (χ3v) is 4.25. The minimum absolute atomic E-state index is 0.179. The number of pyridine rings is 1. The Morgan fingerprint density at radius 1 is 1.27 bits per heavy atom. The van der Waals surface area contributed by atoms with E-state index in [-0.39, 0.29) is 4.48 Å². The number of benzene rings is 1. The molecular weight excluding hydrogens is 278 g/mol. The number of carboxylic acid groups (broad SMARTS) is 1. The summed E-state index contributed by atoms with van der Waals surface area (Å²) < 4.78 is 0.179. The Morgan fingerprint density at radius 3 is 2.68 bits per heavy atom. The first-order valence-corrected chi connectivity index (χ1v) is 7.47. The van der Waals surface area contributed by atoms with Gasteiger partial charge in [0.15, 0.2) is 12.0 Å². The molecule has 1 aromatic carbocycles. The molecule has 0 aliphatic carbocycles. The molecule has 0 bridgehead atoms. The first-order valence-electron chi connectivity index (χ1n) is 7.47. The van der Waals surface area contributed by atoms with Crippen LogP contribution in [0.15, 0.2) is 35.5 Å². The summed E-state index contributed by atoms with van der Waals surface area (Å²) in [5.74, 6) is -0.757. The molecule has 1 aliphatic heterocycles. The van der Waals surface area contributed by atoms with Gasteiger partial charge in [0, 0.05) is 5.92 Å². The van der Waals surface area contributed by atoms with Crippen LogP contribution in [0.5, 0.6) is 0 Å². The topological polar surface area (TPSA) is 65.4 Å². The number of aliphatic carboxylic acids is 1. The number of carbonyl (C=O) groups is 1. The van der Waals surface area contributed by atoms with Gasteiger partial charge < -0.3 is 9.90 Å². The number of carbonyl (C=O) groups excluding carboxylic acids is 1. The number of aliphatic imine (C=N–C) groups is 1. The standard InChI is InChI=1S/C17H19N3O2/c1-11(2)9-20(12(3)17(21)22)10-19-15-8-18-14-7-5-4-6-13(14)16(15)20/h4-8,10-12H,9H2,1-3H3. The van der Waals surface area contributed by atoms with Crippen molar-refractivity contribution in [1.82, 2.24) is 9.47 Å². The average Bonchev–Trinajstić information content (AvgIpc) is 2.86. The normalized spacial score (nSPS) is 21.3. The summed E-state index contributed by atoms with van der Waals surface area (Å²) >= 11 is 0. The van der Waals surface area contributed by atoms with E-state index in [9.17, 15) is 9.90 Å². The molecule has 0 amide bonds. The van der Waals surface area contributed by atoms with Gasteiger partial charge in [0.05, 0.1) is 29.6 Å². The van der Waals surface area contributed by atoms with E-state index in [4.69, 9.17) is 0 Å². The van der Waals surface area contributed by atoms with Crippen LogP contribution < -0.4 is 9.59 Å². The molecule has 0 saturated heterocycles. The predicted octanol–water partition coefficient (Wildman–Crippen LogP) is 2.01. The molecule has 22 heavy (non-hydrogen) atoms. The zero-order valence-corrected chi connectivity index (χ0v) is 13.0. The van der Waals surface area contributed by atoms with Crippen molar-refractivity contribution in [2.45, 2.75) is 26.8 Å². The molecule has 114 valence electrons. The average molecular weight is 297 g/mol. The van der Waals surface area contributed by atoms with Crippen LogP contribution in [0.3, 0.4) is 0 Å². The van der Waals surface area contributed by atoms with Crippen LogP contribution in [0, 0.1) is 5.92 Å². The molecule has 0 fully saturated rings. The van der Waals surface area contributed by atoms with E-state index in [1.807, 2.05) is 24.3 Å². The largest absolute Gasteiger partial charge is 0.544 e. The Bertz CT molecular complexity index is 770. The van der Waals surface area contributed by atoms with Crippen LogP contribution in [-0.2, 0) is 4.79 Å². The van der Waals surface area contributed by atoms with E-state index < -0.39 is 12.0 Å². The van der Waals surface area contributed by atoms with E-state index >= 15 is 0 Å². The Hall–Kier alpha value is -2.27. The number of nitrogens with zero attached hydrogens (tertiary/aromatic N) is 3. The highest BCUT2D eigenvalue weighted by Crippen LogP contribution is 2.44. The molecule has 1 aromatic heterocycles. The summed E-state index contributed by atoms with van der Waals surface area (Å²) in [5.41, 5.74) is 2.51. The maximum absolute atomic E-state index is 11.6. The van der Waals surface area contributed by atoms with Gasteiger partial charge in [-0.3, -0.25) is 4.98 Å². The highest BCUT2D eigenvalue weighted by Gasteiger charge is 2.44. The number of hydrogen-bond acceptors (Lipinski definition) is 4. The second kappa shape index (κ2) is 5.18. The second-order valence-electron chi connectivity index (χ2n) is 6.26. The van der Waals surface area contributed by atoms with E-state index in [1.165, 1.54) is 0 Å². The molecular formula is C17H19N3O2. The van der Waals surface area contributed by atoms with Crippen LogP contribution in [0.4, 0.5) is 11.4 Å². The number of hydrogen-bond donors (Lipinski definition) is 0. The maximum atomic E-state index is 11.6. The van der Waals surface area contributed by atoms with Crippen molar-refractivity contribution in [3.8, 4) is 0 Å². The smallest absolute Gasteiger partial charge is 0.196 e. The van der Waals surface area contributed by atoms with E-state index in [1.54, 1.807) is 19.5 Å². The molecule has 0 radical (unpaired) electrons. The maximum Gasteiger partial charge on any atom is 0.196 e. The van der Waals surface area contributed by atoms with Crippen molar-refractivity contribution in [3.05, 3.63) is 30.5 Å². The lowest BCUT2D eigenvalue weighted by atomic mass is 10.0. The third kappa shape index (κ3) is 2.09. The number of rotatable bonds is 4. The van der Waals surface area contributed by atoms with Gasteiger partial charge in [-0.2, -0.15) is 4.99 Å². The summed E-state index contributed by atoms with van der Waals surface area (Å²) in [5, 5.41) is 12.6. The van der Waals surface area contributed by atoms with E-state index in [0.29, 0.717) is 12.5 Å². The molecule has 0 spiro atoms. The monoisotopic (exact) mass is 297 g/mol. The highest BCUT2D eigenvalue weighted by atomic mass is 16.4. The first kappa shape index (κ1) is 14.7. The number of para-hydroxylation sites is 1. The Kier molecular flexibility index (Phi) is 3.45. The van der Waals surface area contributed by atoms with Crippen molar-refractivity contribution in [3.63, 3.8) is 0 Å². The molecule has 3 rings (SSSR count). The lowest BCUT2D eigenvalue weighted by Crippen LogP contribution is -2.61. The Balaban J connectivity index is 2.30. The lowest BCUT2D eigenvalue weighted by molar-refractivity contribution is -0.309. The number of quaternary nitrogens is 1. The van der Waals surface area contributed by atoms with Crippen LogP contribution in [0.1, 0.15) is 20.8 Å². The third-order valence-electron chi connectivity index (χ3n) is 4.25. The van der Waals surface area contributed by atoms with E-state index in [2.05, 4.69) is 23.8 Å². The van der Waals surface area contributed by atoms with Crippen molar-refractivity contribution < 1.29 is 9.90 Å². The molecule has 5 heteroatoms. The van der Waals surface area contributed by atoms with Crippen LogP contribution in [-0.4, -0.2) is 29.9 Å². The van der Waals surface area contributed by atoms with Gasteiger partial charge >= 0.3 is 0 Å². The molecule has 0 saturated carbocycles. The molecule has 0 N–H and O–H groups in total. The summed E-state index contributed by atoms with van der Waals surface area (Å²) in [6, 6.07) is 7.07. The fourth-order valence-electron chi connectivity index (χ4n) is 3.25. The summed E-state index contributed by atoms with van der Waals surface area (Å²) in [6.45, 7) is 6.50. The van der Waals surface area contributed by atoms with Gasteiger partial charge in [-0.15, -0.1) is 0 Å². The van der Waals surface area contributed by atoms with Gasteiger partial charge in [0.25, 0.3) is 0 Å². The minimum atomic E-state index is -1.07. The number of fused-ring (bicyclic) bond motifs is 3. The van der Waals surface area contributed by atoms with Crippen LogP contribution >= 0.6 is 0 Å². The van der Waals surface area contributed by atoms with Gasteiger partial charge in [-0.1, -0.05) is 26.0 Å². The molecule has 1 aliphatic rings. The molecule has 2 aromatic rings. The summed E-state index contributed by atoms with van der Waals surface area (Å²) in [7, 11) is 0. The molecule has 2 atom stereocenters. The lowest BCUT2D eigenvalue weighted by Gasteiger charge is -2.38. The minimum Gasteiger partial charge on any atom is -0.544 e. The fraction of sp³-hybridized carbons (Fsp3) is 0.353. The molecule has 2 unspecified atom stereocenters.